The molecule has 4 rings (SSSR count). The zero-order valence-electron chi connectivity index (χ0n) is 15.2. The van der Waals surface area contributed by atoms with Crippen molar-refractivity contribution in [1.82, 2.24) is 20.3 Å². The molecule has 6 nitrogen and oxygen atoms in total. The number of hydrogen-bond acceptors (Lipinski definition) is 4. The lowest BCUT2D eigenvalue weighted by atomic mass is 10.2. The van der Waals surface area contributed by atoms with E-state index in [-0.39, 0.29) is 0 Å². The van der Waals surface area contributed by atoms with Gasteiger partial charge in [-0.1, -0.05) is 35.3 Å². The van der Waals surface area contributed by atoms with E-state index >= 15 is 0 Å². The fourth-order valence-electron chi connectivity index (χ4n) is 2.89. The third kappa shape index (κ3) is 4.50. The van der Waals surface area contributed by atoms with Crippen LogP contribution in [0.15, 0.2) is 60.9 Å². The number of ether oxygens (including phenoxy) is 1. The smallest absolute Gasteiger partial charge is 0.410 e. The molecular formula is C21H16Cl2N4O2. The maximum atomic E-state index is 12.0. The van der Waals surface area contributed by atoms with Crippen molar-refractivity contribution < 1.29 is 9.53 Å². The monoisotopic (exact) mass is 426 g/mol. The van der Waals surface area contributed by atoms with Crippen molar-refractivity contribution in [1.29, 1.82) is 0 Å². The van der Waals surface area contributed by atoms with Crippen LogP contribution in [0.2, 0.25) is 10.0 Å². The Morgan fingerprint density at radius 3 is 2.69 bits per heavy atom. The van der Waals surface area contributed by atoms with Gasteiger partial charge in [0.1, 0.15) is 11.6 Å². The van der Waals surface area contributed by atoms with Crippen LogP contribution in [0, 0.1) is 0 Å². The van der Waals surface area contributed by atoms with Gasteiger partial charge >= 0.3 is 6.09 Å². The van der Waals surface area contributed by atoms with Crippen molar-refractivity contribution in [3.05, 3.63) is 76.5 Å². The highest BCUT2D eigenvalue weighted by Gasteiger charge is 2.13. The Balaban J connectivity index is 1.44. The lowest BCUT2D eigenvalue weighted by molar-refractivity contribution is 0.200. The van der Waals surface area contributed by atoms with E-state index in [0.717, 1.165) is 5.56 Å². The summed E-state index contributed by atoms with van der Waals surface area (Å²) in [5.74, 6) is 0.950. The summed E-state index contributed by atoms with van der Waals surface area (Å²) >= 11 is 12.5. The Morgan fingerprint density at radius 1 is 1.10 bits per heavy atom. The molecule has 4 aromatic rings. The van der Waals surface area contributed by atoms with Crippen LogP contribution in [0.5, 0.6) is 5.75 Å². The molecule has 0 aliphatic carbocycles. The standard InChI is InChI=1S/C21H16Cl2N4O2/c22-15-4-1-5-16(23)19(15)20-26-17-7-6-14(11-18(17)27-20)29-21(28)25-10-8-13-3-2-9-24-12-13/h1-7,9,11-12H,8,10H2,(H,25,28)(H,26,27). The summed E-state index contributed by atoms with van der Waals surface area (Å²) in [5.41, 5.74) is 3.08. The average molecular weight is 427 g/mol. The lowest BCUT2D eigenvalue weighted by Gasteiger charge is -2.06. The highest BCUT2D eigenvalue weighted by Crippen LogP contribution is 2.34. The van der Waals surface area contributed by atoms with Gasteiger partial charge in [-0.25, -0.2) is 9.78 Å². The Labute approximate surface area is 176 Å². The van der Waals surface area contributed by atoms with E-state index in [4.69, 9.17) is 27.9 Å². The number of nitrogens with one attached hydrogen (secondary N) is 2. The van der Waals surface area contributed by atoms with Crippen molar-refractivity contribution in [3.63, 3.8) is 0 Å². The molecule has 29 heavy (non-hydrogen) atoms. The number of amides is 1. The molecule has 2 N–H and O–H groups in total. The molecule has 0 radical (unpaired) electrons. The average Bonchev–Trinajstić information content (AvgIpc) is 3.11. The minimum absolute atomic E-state index is 0.400. The van der Waals surface area contributed by atoms with Gasteiger partial charge in [0.2, 0.25) is 0 Å². The van der Waals surface area contributed by atoms with Crippen molar-refractivity contribution in [2.45, 2.75) is 6.42 Å². The number of halogens is 2. The van der Waals surface area contributed by atoms with E-state index in [9.17, 15) is 4.79 Å². The number of fused-ring (bicyclic) bond motifs is 1. The molecule has 2 aromatic carbocycles. The maximum absolute atomic E-state index is 12.0. The Morgan fingerprint density at radius 2 is 1.93 bits per heavy atom. The largest absolute Gasteiger partial charge is 0.412 e. The van der Waals surface area contributed by atoms with Gasteiger partial charge in [0, 0.05) is 25.0 Å². The molecule has 0 bridgehead atoms. The molecule has 0 unspecified atom stereocenters. The molecule has 0 fully saturated rings. The number of aromatic nitrogens is 3. The van der Waals surface area contributed by atoms with E-state index in [2.05, 4.69) is 20.3 Å². The molecule has 0 spiro atoms. The van der Waals surface area contributed by atoms with E-state index in [0.29, 0.717) is 51.2 Å². The van der Waals surface area contributed by atoms with Crippen LogP contribution >= 0.6 is 23.2 Å². The molecular weight excluding hydrogens is 411 g/mol. The summed E-state index contributed by atoms with van der Waals surface area (Å²) in [7, 11) is 0. The van der Waals surface area contributed by atoms with Crippen LogP contribution in [-0.4, -0.2) is 27.6 Å². The van der Waals surface area contributed by atoms with E-state index in [1.807, 2.05) is 12.1 Å². The highest BCUT2D eigenvalue weighted by molar-refractivity contribution is 6.39. The van der Waals surface area contributed by atoms with E-state index in [1.54, 1.807) is 48.8 Å². The number of nitrogens with zero attached hydrogens (tertiary/aromatic N) is 2. The molecule has 0 saturated carbocycles. The number of pyridine rings is 1. The SMILES string of the molecule is O=C(NCCc1cccnc1)Oc1ccc2nc(-c3c(Cl)cccc3Cl)[nH]c2c1. The fourth-order valence-corrected chi connectivity index (χ4v) is 3.47. The van der Waals surface area contributed by atoms with Crippen LogP contribution in [0.25, 0.3) is 22.4 Å². The summed E-state index contributed by atoms with van der Waals surface area (Å²) in [5, 5.41) is 3.73. The molecule has 0 atom stereocenters. The van der Waals surface area contributed by atoms with Crippen molar-refractivity contribution in [2.24, 2.45) is 0 Å². The first-order chi connectivity index (χ1) is 14.1. The van der Waals surface area contributed by atoms with Gasteiger partial charge in [0.05, 0.1) is 26.6 Å². The van der Waals surface area contributed by atoms with Gasteiger partial charge in [0.15, 0.2) is 0 Å². The summed E-state index contributed by atoms with van der Waals surface area (Å²) in [6.45, 7) is 0.450. The quantitative estimate of drug-likeness (QED) is 0.455. The van der Waals surface area contributed by atoms with Gasteiger partial charge in [-0.05, 0) is 42.3 Å². The summed E-state index contributed by atoms with van der Waals surface area (Å²) in [6.07, 6.45) is 3.62. The van der Waals surface area contributed by atoms with Crippen molar-refractivity contribution in [3.8, 4) is 17.1 Å². The maximum Gasteiger partial charge on any atom is 0.412 e. The number of rotatable bonds is 5. The number of carbonyl (C=O) groups excluding carboxylic acids is 1. The minimum atomic E-state index is -0.526. The molecule has 0 saturated heterocycles. The Bertz CT molecular complexity index is 1140. The van der Waals surface area contributed by atoms with E-state index < -0.39 is 6.09 Å². The number of hydrogen-bond donors (Lipinski definition) is 2. The summed E-state index contributed by atoms with van der Waals surface area (Å²) in [4.78, 5) is 23.8. The predicted octanol–water partition coefficient (Wildman–Crippen LogP) is 5.26. The molecule has 2 aromatic heterocycles. The molecule has 0 aliphatic heterocycles. The normalized spacial score (nSPS) is 10.8. The fraction of sp³-hybridized carbons (Fsp3) is 0.0952. The van der Waals surface area contributed by atoms with Gasteiger partial charge in [-0.2, -0.15) is 0 Å². The highest BCUT2D eigenvalue weighted by atomic mass is 35.5. The second-order valence-corrected chi connectivity index (χ2v) is 7.10. The number of imidazole rings is 1. The summed E-state index contributed by atoms with van der Waals surface area (Å²) in [6, 6.07) is 14.2. The predicted molar refractivity (Wildman–Crippen MR) is 114 cm³/mol. The molecule has 1 amide bonds. The molecule has 146 valence electrons. The van der Waals surface area contributed by atoms with E-state index in [1.165, 1.54) is 0 Å². The zero-order valence-corrected chi connectivity index (χ0v) is 16.7. The second kappa shape index (κ2) is 8.51. The first-order valence-corrected chi connectivity index (χ1v) is 9.64. The second-order valence-electron chi connectivity index (χ2n) is 6.29. The van der Waals surface area contributed by atoms with Gasteiger partial charge < -0.3 is 15.0 Å². The van der Waals surface area contributed by atoms with Crippen LogP contribution in [0.3, 0.4) is 0 Å². The van der Waals surface area contributed by atoms with Crippen LogP contribution in [0.4, 0.5) is 4.79 Å². The van der Waals surface area contributed by atoms with Crippen LogP contribution in [-0.2, 0) is 6.42 Å². The van der Waals surface area contributed by atoms with Crippen molar-refractivity contribution in [2.75, 3.05) is 6.54 Å². The van der Waals surface area contributed by atoms with Gasteiger partial charge in [-0.3, -0.25) is 4.98 Å². The Kier molecular flexibility index (Phi) is 5.64. The summed E-state index contributed by atoms with van der Waals surface area (Å²) < 4.78 is 5.36. The number of benzene rings is 2. The third-order valence-corrected chi connectivity index (χ3v) is 4.90. The third-order valence-electron chi connectivity index (χ3n) is 4.27. The topological polar surface area (TPSA) is 79.9 Å². The number of aromatic amines is 1. The Hall–Kier alpha value is -3.09. The lowest BCUT2D eigenvalue weighted by Crippen LogP contribution is -2.28. The van der Waals surface area contributed by atoms with Gasteiger partial charge in [-0.15, -0.1) is 0 Å². The minimum Gasteiger partial charge on any atom is -0.410 e. The molecule has 2 heterocycles. The first-order valence-electron chi connectivity index (χ1n) is 8.89. The number of carbonyl (C=O) groups is 1. The van der Waals surface area contributed by atoms with Crippen LogP contribution in [0.1, 0.15) is 5.56 Å². The van der Waals surface area contributed by atoms with Crippen LogP contribution < -0.4 is 10.1 Å². The molecule has 0 aliphatic rings. The number of H-pyrrole nitrogens is 1. The van der Waals surface area contributed by atoms with Gasteiger partial charge in [0.25, 0.3) is 0 Å². The zero-order chi connectivity index (χ0) is 20.2. The first kappa shape index (κ1) is 19.2. The molecule has 8 heteroatoms. The van der Waals surface area contributed by atoms with Crippen molar-refractivity contribution >= 4 is 40.3 Å².